The number of carbonyl (C=O) groups is 2. The lowest BCUT2D eigenvalue weighted by molar-refractivity contribution is -0.141. The highest BCUT2D eigenvalue weighted by Crippen LogP contribution is 2.43. The van der Waals surface area contributed by atoms with Crippen molar-refractivity contribution >= 4 is 29.1 Å². The number of rotatable bonds is 5. The Kier molecular flexibility index (Phi) is 6.33. The summed E-state index contributed by atoms with van der Waals surface area (Å²) in [5.74, 6) is -2.20. The van der Waals surface area contributed by atoms with Gasteiger partial charge in [0, 0.05) is 38.2 Å². The molecule has 1 aliphatic heterocycles. The molecule has 0 saturated carbocycles. The summed E-state index contributed by atoms with van der Waals surface area (Å²) in [6, 6.07) is 5.98. The lowest BCUT2D eigenvalue weighted by Crippen LogP contribution is -2.31. The number of hydrogen-bond acceptors (Lipinski definition) is 6. The Labute approximate surface area is 208 Å². The van der Waals surface area contributed by atoms with Crippen molar-refractivity contribution in [1.29, 1.82) is 0 Å². The maximum Gasteiger partial charge on any atom is 0.435 e. The molecule has 4 rings (SSSR count). The van der Waals surface area contributed by atoms with Gasteiger partial charge in [0.1, 0.15) is 5.69 Å². The summed E-state index contributed by atoms with van der Waals surface area (Å²) in [5, 5.41) is 8.70. The molecule has 36 heavy (non-hydrogen) atoms. The van der Waals surface area contributed by atoms with Gasteiger partial charge in [0.15, 0.2) is 23.0 Å². The van der Waals surface area contributed by atoms with E-state index in [4.69, 9.17) is 21.1 Å². The second kappa shape index (κ2) is 9.01. The first-order valence-electron chi connectivity index (χ1n) is 10.7. The van der Waals surface area contributed by atoms with E-state index in [-0.39, 0.29) is 39.6 Å². The normalized spacial score (nSPS) is 14.1. The molecule has 0 fully saturated rings. The first-order chi connectivity index (χ1) is 16.7. The molecule has 2 N–H and O–H groups in total. The van der Waals surface area contributed by atoms with E-state index < -0.39 is 35.2 Å². The minimum Gasteiger partial charge on any atom is -0.449 e. The lowest BCUT2D eigenvalue weighted by atomic mass is 10.1. The van der Waals surface area contributed by atoms with Crippen LogP contribution in [-0.2, 0) is 6.18 Å². The molecule has 0 spiro atoms. The summed E-state index contributed by atoms with van der Waals surface area (Å²) < 4.78 is 52.5. The van der Waals surface area contributed by atoms with Crippen molar-refractivity contribution in [3.63, 3.8) is 0 Å². The smallest absolute Gasteiger partial charge is 0.435 e. The number of alkyl halides is 3. The highest BCUT2D eigenvalue weighted by atomic mass is 35.5. The average Bonchev–Trinajstić information content (AvgIpc) is 3.32. The molecule has 0 unspecified atom stereocenters. The molecule has 3 heterocycles. The van der Waals surface area contributed by atoms with Crippen LogP contribution in [0.2, 0.25) is 5.02 Å². The number of pyridine rings is 1. The summed E-state index contributed by atoms with van der Waals surface area (Å²) in [7, 11) is 0. The number of halogens is 4. The van der Waals surface area contributed by atoms with Gasteiger partial charge in [0.05, 0.1) is 16.3 Å². The zero-order chi connectivity index (χ0) is 26.4. The van der Waals surface area contributed by atoms with Gasteiger partial charge < -0.3 is 20.1 Å². The Morgan fingerprint density at radius 1 is 1.11 bits per heavy atom. The van der Waals surface area contributed by atoms with E-state index in [0.29, 0.717) is 10.7 Å². The van der Waals surface area contributed by atoms with Gasteiger partial charge in [-0.15, -0.1) is 0 Å². The largest absolute Gasteiger partial charge is 0.449 e. The van der Waals surface area contributed by atoms with E-state index in [1.807, 2.05) is 0 Å². The van der Waals surface area contributed by atoms with Crippen molar-refractivity contribution in [1.82, 2.24) is 20.1 Å². The molecular weight excluding hydrogens is 503 g/mol. The Morgan fingerprint density at radius 2 is 1.78 bits per heavy atom. The van der Waals surface area contributed by atoms with Crippen molar-refractivity contribution in [2.75, 3.05) is 5.32 Å². The molecule has 1 aliphatic rings. The number of fused-ring (bicyclic) bond motifs is 1. The standard InChI is InChI=1S/C23H21ClF3N5O4/c1-11(2)29-20(33)12-8-16-17(36-22(3,4)35-16)9-14(12)30-21(34)15-10-18(23(25,26)27)31-32(15)19-13(24)6-5-7-28-19/h5-11H,1-4H3,(H,29,33)(H,30,34). The Bertz CT molecular complexity index is 1350. The van der Waals surface area contributed by atoms with Crippen LogP contribution in [0.4, 0.5) is 18.9 Å². The Balaban J connectivity index is 1.78. The lowest BCUT2D eigenvalue weighted by Gasteiger charge is -2.16. The van der Waals surface area contributed by atoms with E-state index in [9.17, 15) is 22.8 Å². The van der Waals surface area contributed by atoms with Gasteiger partial charge in [-0.3, -0.25) is 9.59 Å². The monoisotopic (exact) mass is 523 g/mol. The fourth-order valence-electron chi connectivity index (χ4n) is 3.46. The van der Waals surface area contributed by atoms with Crippen LogP contribution in [0.5, 0.6) is 11.5 Å². The summed E-state index contributed by atoms with van der Waals surface area (Å²) >= 11 is 6.11. The zero-order valence-corrected chi connectivity index (χ0v) is 20.3. The number of nitrogens with zero attached hydrogens (tertiary/aromatic N) is 3. The fraction of sp³-hybridized carbons (Fsp3) is 0.304. The summed E-state index contributed by atoms with van der Waals surface area (Å²) in [5.41, 5.74) is -1.81. The fourth-order valence-corrected chi connectivity index (χ4v) is 3.67. The number of amides is 2. The molecular formula is C23H21ClF3N5O4. The van der Waals surface area contributed by atoms with Gasteiger partial charge in [0.2, 0.25) is 5.79 Å². The molecule has 13 heteroatoms. The molecule has 0 atom stereocenters. The molecule has 0 aliphatic carbocycles. The molecule has 2 amide bonds. The average molecular weight is 524 g/mol. The van der Waals surface area contributed by atoms with E-state index in [2.05, 4.69) is 20.7 Å². The number of benzene rings is 1. The molecule has 9 nitrogen and oxygen atoms in total. The van der Waals surface area contributed by atoms with Crippen LogP contribution in [0.3, 0.4) is 0 Å². The number of ether oxygens (including phenoxy) is 2. The number of carbonyl (C=O) groups excluding carboxylic acids is 2. The van der Waals surface area contributed by atoms with E-state index in [0.717, 1.165) is 0 Å². The van der Waals surface area contributed by atoms with Crippen LogP contribution < -0.4 is 20.1 Å². The molecule has 0 bridgehead atoms. The van der Waals surface area contributed by atoms with E-state index in [1.54, 1.807) is 27.7 Å². The third kappa shape index (κ3) is 5.08. The minimum absolute atomic E-state index is 0.00775. The third-order valence-electron chi connectivity index (χ3n) is 4.88. The van der Waals surface area contributed by atoms with Crippen LogP contribution >= 0.6 is 11.6 Å². The third-order valence-corrected chi connectivity index (χ3v) is 5.18. The zero-order valence-electron chi connectivity index (χ0n) is 19.5. The van der Waals surface area contributed by atoms with Crippen LogP contribution in [0.1, 0.15) is 54.2 Å². The molecule has 2 aromatic heterocycles. The summed E-state index contributed by atoms with van der Waals surface area (Å²) in [6.07, 6.45) is -3.54. The first kappa shape index (κ1) is 25.3. The van der Waals surface area contributed by atoms with Gasteiger partial charge in [-0.05, 0) is 32.0 Å². The predicted molar refractivity (Wildman–Crippen MR) is 124 cm³/mol. The molecule has 3 aromatic rings. The first-order valence-corrected chi connectivity index (χ1v) is 11.1. The number of nitrogens with one attached hydrogen (secondary N) is 2. The van der Waals surface area contributed by atoms with Crippen LogP contribution in [-0.4, -0.2) is 38.4 Å². The second-order valence-corrected chi connectivity index (χ2v) is 9.07. The van der Waals surface area contributed by atoms with Crippen molar-refractivity contribution in [3.05, 3.63) is 58.5 Å². The van der Waals surface area contributed by atoms with Crippen LogP contribution in [0.25, 0.3) is 5.82 Å². The van der Waals surface area contributed by atoms with E-state index in [1.165, 1.54) is 30.5 Å². The van der Waals surface area contributed by atoms with Crippen molar-refractivity contribution in [2.24, 2.45) is 0 Å². The van der Waals surface area contributed by atoms with Crippen molar-refractivity contribution in [2.45, 2.75) is 45.7 Å². The quantitative estimate of drug-likeness (QED) is 0.496. The molecule has 190 valence electrons. The van der Waals surface area contributed by atoms with Crippen LogP contribution in [0.15, 0.2) is 36.5 Å². The highest BCUT2D eigenvalue weighted by molar-refractivity contribution is 6.32. The number of aromatic nitrogens is 3. The summed E-state index contributed by atoms with van der Waals surface area (Å²) in [4.78, 5) is 30.1. The van der Waals surface area contributed by atoms with Gasteiger partial charge in [-0.1, -0.05) is 11.6 Å². The SMILES string of the molecule is CC(C)NC(=O)c1cc2c(cc1NC(=O)c1cc(C(F)(F)F)nn1-c1ncccc1Cl)OC(C)(C)O2. The van der Waals surface area contributed by atoms with Gasteiger partial charge in [-0.25, -0.2) is 9.67 Å². The Hall–Kier alpha value is -3.80. The Morgan fingerprint density at radius 3 is 2.39 bits per heavy atom. The topological polar surface area (TPSA) is 107 Å². The van der Waals surface area contributed by atoms with Crippen LogP contribution in [0, 0.1) is 0 Å². The van der Waals surface area contributed by atoms with Gasteiger partial charge in [0.25, 0.3) is 11.8 Å². The predicted octanol–water partition coefficient (Wildman–Crippen LogP) is 4.84. The molecule has 0 saturated heterocycles. The molecule has 1 aromatic carbocycles. The highest BCUT2D eigenvalue weighted by Gasteiger charge is 2.37. The maximum absolute atomic E-state index is 13.5. The molecule has 0 radical (unpaired) electrons. The summed E-state index contributed by atoms with van der Waals surface area (Å²) in [6.45, 7) is 6.82. The van der Waals surface area contributed by atoms with E-state index >= 15 is 0 Å². The second-order valence-electron chi connectivity index (χ2n) is 8.66. The van der Waals surface area contributed by atoms with Crippen molar-refractivity contribution in [3.8, 4) is 17.3 Å². The van der Waals surface area contributed by atoms with Crippen molar-refractivity contribution < 1.29 is 32.2 Å². The minimum atomic E-state index is -4.84. The van der Waals surface area contributed by atoms with Gasteiger partial charge in [-0.2, -0.15) is 18.3 Å². The number of anilines is 1. The number of hydrogen-bond donors (Lipinski definition) is 2. The van der Waals surface area contributed by atoms with Gasteiger partial charge >= 0.3 is 6.18 Å². The maximum atomic E-state index is 13.5.